The number of hydrogen-bond acceptors (Lipinski definition) is 3. The quantitative estimate of drug-likeness (QED) is 0.556. The lowest BCUT2D eigenvalue weighted by molar-refractivity contribution is -0.134. The second kappa shape index (κ2) is 10.7. The monoisotopic (exact) mass is 510 g/mol. The minimum absolute atomic E-state index is 0.0328. The van der Waals surface area contributed by atoms with Gasteiger partial charge in [-0.15, -0.1) is 0 Å². The normalized spacial score (nSPS) is 19.2. The third kappa shape index (κ3) is 5.92. The number of carbonyl (C=O) groups is 2. The number of aliphatic hydroxyl groups is 1. The summed E-state index contributed by atoms with van der Waals surface area (Å²) in [4.78, 5) is 28.1. The third-order valence-corrected chi connectivity index (χ3v) is 7.36. The van der Waals surface area contributed by atoms with Gasteiger partial charge in [-0.25, -0.2) is 0 Å². The predicted molar refractivity (Wildman–Crippen MR) is 133 cm³/mol. The maximum Gasteiger partial charge on any atom is 0.270 e. The first-order valence-corrected chi connectivity index (χ1v) is 12.6. The molecule has 0 atom stereocenters. The second-order valence-corrected chi connectivity index (χ2v) is 10.0. The molecular formula is C27H31BrN2O3. The summed E-state index contributed by atoms with van der Waals surface area (Å²) in [5, 5.41) is 14.1. The van der Waals surface area contributed by atoms with Crippen LogP contribution in [0.3, 0.4) is 0 Å². The van der Waals surface area contributed by atoms with Crippen LogP contribution in [0.2, 0.25) is 0 Å². The molecule has 2 aromatic carbocycles. The summed E-state index contributed by atoms with van der Waals surface area (Å²) in [5.41, 5.74) is 1.09. The van der Waals surface area contributed by atoms with Gasteiger partial charge in [0.1, 0.15) is 5.70 Å². The lowest BCUT2D eigenvalue weighted by Crippen LogP contribution is -2.47. The molecule has 33 heavy (non-hydrogen) atoms. The highest BCUT2D eigenvalue weighted by Crippen LogP contribution is 2.34. The number of carbonyl (C=O) groups excluding carboxylic acids is 2. The van der Waals surface area contributed by atoms with Crippen LogP contribution in [0.15, 0.2) is 64.8 Å². The van der Waals surface area contributed by atoms with Crippen LogP contribution in [-0.4, -0.2) is 34.9 Å². The Morgan fingerprint density at radius 2 is 1.61 bits per heavy atom. The Balaban J connectivity index is 1.48. The lowest BCUT2D eigenvalue weighted by atomic mass is 9.84. The lowest BCUT2D eigenvalue weighted by Gasteiger charge is -2.39. The number of amides is 2. The van der Waals surface area contributed by atoms with Gasteiger partial charge < -0.3 is 15.3 Å². The molecule has 4 rings (SSSR count). The molecule has 1 aliphatic carbocycles. The standard InChI is InChI=1S/C27H31BrN2O3/c28-23-13-11-22(12-14-23)27(33)15-17-30(18-16-27)26(32)24(19-20-7-3-1-4-8-20)29-25(31)21-9-5-2-6-10-21/h1,3-4,7-8,11-14,19,21,33H,2,5-6,9-10,15-18H2,(H,29,31). The first kappa shape index (κ1) is 23.7. The van der Waals surface area contributed by atoms with Gasteiger partial charge in [-0.1, -0.05) is 77.7 Å². The van der Waals surface area contributed by atoms with Crippen molar-refractivity contribution in [1.29, 1.82) is 0 Å². The molecule has 1 saturated carbocycles. The summed E-state index contributed by atoms with van der Waals surface area (Å²) in [6.07, 6.45) is 7.72. The van der Waals surface area contributed by atoms with E-state index in [-0.39, 0.29) is 17.7 Å². The van der Waals surface area contributed by atoms with E-state index in [0.29, 0.717) is 31.6 Å². The van der Waals surface area contributed by atoms with Gasteiger partial charge in [0.05, 0.1) is 5.60 Å². The number of nitrogens with zero attached hydrogens (tertiary/aromatic N) is 1. The Labute approximate surface area is 204 Å². The van der Waals surface area contributed by atoms with Crippen LogP contribution in [0, 0.1) is 5.92 Å². The van der Waals surface area contributed by atoms with Crippen LogP contribution in [-0.2, 0) is 15.2 Å². The summed E-state index contributed by atoms with van der Waals surface area (Å²) in [5.74, 6) is -0.288. The average Bonchev–Trinajstić information content (AvgIpc) is 2.85. The number of piperidine rings is 1. The van der Waals surface area contributed by atoms with Crippen LogP contribution >= 0.6 is 15.9 Å². The Bertz CT molecular complexity index is 990. The molecule has 6 heteroatoms. The van der Waals surface area contributed by atoms with Gasteiger partial charge in [0, 0.05) is 23.5 Å². The largest absolute Gasteiger partial charge is 0.385 e. The molecular weight excluding hydrogens is 480 g/mol. The van der Waals surface area contributed by atoms with Crippen LogP contribution in [0.25, 0.3) is 6.08 Å². The summed E-state index contributed by atoms with van der Waals surface area (Å²) in [6, 6.07) is 17.3. The smallest absolute Gasteiger partial charge is 0.270 e. The van der Waals surface area contributed by atoms with Gasteiger partial charge in [-0.05, 0) is 55.0 Å². The van der Waals surface area contributed by atoms with E-state index >= 15 is 0 Å². The highest BCUT2D eigenvalue weighted by molar-refractivity contribution is 9.10. The zero-order valence-corrected chi connectivity index (χ0v) is 20.4. The fraction of sp³-hybridized carbons (Fsp3) is 0.407. The van der Waals surface area contributed by atoms with Gasteiger partial charge >= 0.3 is 0 Å². The summed E-state index contributed by atoms with van der Waals surface area (Å²) in [6.45, 7) is 0.855. The van der Waals surface area contributed by atoms with Crippen molar-refractivity contribution >= 4 is 33.8 Å². The molecule has 0 unspecified atom stereocenters. The third-order valence-electron chi connectivity index (χ3n) is 6.83. The zero-order valence-electron chi connectivity index (χ0n) is 18.8. The number of hydrogen-bond donors (Lipinski definition) is 2. The second-order valence-electron chi connectivity index (χ2n) is 9.12. The van der Waals surface area contributed by atoms with Crippen molar-refractivity contribution in [2.75, 3.05) is 13.1 Å². The Kier molecular flexibility index (Phi) is 7.66. The van der Waals surface area contributed by atoms with Crippen LogP contribution in [0.4, 0.5) is 0 Å². The molecule has 0 bridgehead atoms. The van der Waals surface area contributed by atoms with Crippen molar-refractivity contribution in [2.45, 2.75) is 50.5 Å². The van der Waals surface area contributed by atoms with Crippen LogP contribution in [0.5, 0.6) is 0 Å². The van der Waals surface area contributed by atoms with E-state index in [1.54, 1.807) is 11.0 Å². The molecule has 1 aliphatic heterocycles. The number of likely N-dealkylation sites (tertiary alicyclic amines) is 1. The van der Waals surface area contributed by atoms with Crippen molar-refractivity contribution in [3.63, 3.8) is 0 Å². The van der Waals surface area contributed by atoms with E-state index in [1.807, 2.05) is 54.6 Å². The number of rotatable bonds is 5. The van der Waals surface area contributed by atoms with Crippen molar-refractivity contribution < 1.29 is 14.7 Å². The molecule has 0 radical (unpaired) electrons. The Morgan fingerprint density at radius 1 is 0.970 bits per heavy atom. The predicted octanol–water partition coefficient (Wildman–Crippen LogP) is 5.00. The number of halogens is 1. The highest BCUT2D eigenvalue weighted by Gasteiger charge is 2.36. The first-order chi connectivity index (χ1) is 15.9. The topological polar surface area (TPSA) is 69.6 Å². The minimum Gasteiger partial charge on any atom is -0.385 e. The van der Waals surface area contributed by atoms with Gasteiger partial charge in [0.25, 0.3) is 5.91 Å². The van der Waals surface area contributed by atoms with Crippen molar-refractivity contribution in [3.8, 4) is 0 Å². The molecule has 2 amide bonds. The zero-order chi connectivity index (χ0) is 23.3. The van der Waals surface area contributed by atoms with Crippen molar-refractivity contribution in [2.24, 2.45) is 5.92 Å². The Hall–Kier alpha value is -2.44. The SMILES string of the molecule is O=C(NC(=Cc1ccccc1)C(=O)N1CCC(O)(c2ccc(Br)cc2)CC1)C1CCCCC1. The average molecular weight is 511 g/mol. The number of benzene rings is 2. The van der Waals surface area contributed by atoms with E-state index in [2.05, 4.69) is 21.2 Å². The minimum atomic E-state index is -0.952. The molecule has 5 nitrogen and oxygen atoms in total. The fourth-order valence-corrected chi connectivity index (χ4v) is 5.03. The molecule has 1 heterocycles. The van der Waals surface area contributed by atoms with E-state index < -0.39 is 5.60 Å². The van der Waals surface area contributed by atoms with Crippen molar-refractivity contribution in [1.82, 2.24) is 10.2 Å². The van der Waals surface area contributed by atoms with Crippen LogP contribution < -0.4 is 5.32 Å². The fourth-order valence-electron chi connectivity index (χ4n) is 4.77. The van der Waals surface area contributed by atoms with Gasteiger partial charge in [-0.2, -0.15) is 0 Å². The molecule has 2 fully saturated rings. The summed E-state index contributed by atoms with van der Waals surface area (Å²) < 4.78 is 0.965. The van der Waals surface area contributed by atoms with E-state index in [1.165, 1.54) is 6.42 Å². The molecule has 0 aromatic heterocycles. The summed E-state index contributed by atoms with van der Waals surface area (Å²) >= 11 is 3.43. The van der Waals surface area contributed by atoms with Gasteiger partial charge in [-0.3, -0.25) is 9.59 Å². The van der Waals surface area contributed by atoms with Crippen molar-refractivity contribution in [3.05, 3.63) is 75.9 Å². The Morgan fingerprint density at radius 3 is 2.24 bits per heavy atom. The number of nitrogens with one attached hydrogen (secondary N) is 1. The molecule has 2 N–H and O–H groups in total. The first-order valence-electron chi connectivity index (χ1n) is 11.8. The molecule has 0 spiro atoms. The van der Waals surface area contributed by atoms with E-state index in [4.69, 9.17) is 0 Å². The van der Waals surface area contributed by atoms with Gasteiger partial charge in [0.2, 0.25) is 5.91 Å². The van der Waals surface area contributed by atoms with E-state index in [0.717, 1.165) is 41.3 Å². The maximum atomic E-state index is 13.5. The highest BCUT2D eigenvalue weighted by atomic mass is 79.9. The molecule has 1 saturated heterocycles. The van der Waals surface area contributed by atoms with Gasteiger partial charge in [0.15, 0.2) is 0 Å². The molecule has 174 valence electrons. The van der Waals surface area contributed by atoms with Crippen LogP contribution in [0.1, 0.15) is 56.1 Å². The molecule has 2 aliphatic rings. The van der Waals surface area contributed by atoms with E-state index in [9.17, 15) is 14.7 Å². The summed E-state index contributed by atoms with van der Waals surface area (Å²) in [7, 11) is 0. The maximum absolute atomic E-state index is 13.5. The molecule has 2 aromatic rings.